The number of carbonyl (C=O) groups excluding carboxylic acids is 2. The van der Waals surface area contributed by atoms with Gasteiger partial charge in [-0.25, -0.2) is 4.79 Å². The van der Waals surface area contributed by atoms with Crippen molar-refractivity contribution in [3.8, 4) is 11.5 Å². The molecule has 2 heterocycles. The molecule has 1 aromatic carbocycles. The lowest BCUT2D eigenvalue weighted by molar-refractivity contribution is -0.187. The van der Waals surface area contributed by atoms with E-state index in [2.05, 4.69) is 11.5 Å². The fourth-order valence-electron chi connectivity index (χ4n) is 6.25. The van der Waals surface area contributed by atoms with Crippen LogP contribution in [0.2, 0.25) is 0 Å². The summed E-state index contributed by atoms with van der Waals surface area (Å²) in [5, 5.41) is 12.1. The van der Waals surface area contributed by atoms with Crippen molar-refractivity contribution in [1.29, 1.82) is 0 Å². The van der Waals surface area contributed by atoms with E-state index in [9.17, 15) is 14.7 Å². The molecule has 1 N–H and O–H groups in total. The first-order valence-electron chi connectivity index (χ1n) is 10.9. The Morgan fingerprint density at radius 1 is 1.39 bits per heavy atom. The summed E-state index contributed by atoms with van der Waals surface area (Å²) in [4.78, 5) is 27.5. The molecule has 4 atom stereocenters. The van der Waals surface area contributed by atoms with Crippen molar-refractivity contribution in [3.05, 3.63) is 60.2 Å². The number of aliphatic hydroxyl groups is 1. The highest BCUT2D eigenvalue weighted by atomic mass is 16.6. The zero-order valence-corrected chi connectivity index (χ0v) is 17.7. The van der Waals surface area contributed by atoms with Gasteiger partial charge in [0.15, 0.2) is 23.4 Å². The van der Waals surface area contributed by atoms with Crippen molar-refractivity contribution in [2.75, 3.05) is 13.1 Å². The highest BCUT2D eigenvalue weighted by molar-refractivity contribution is 5.90. The van der Waals surface area contributed by atoms with Crippen LogP contribution in [0.4, 0.5) is 0 Å². The number of allylic oxidation sites excluding steroid dienone is 3. The van der Waals surface area contributed by atoms with Crippen molar-refractivity contribution in [2.45, 2.75) is 55.8 Å². The minimum Gasteiger partial charge on any atom is -0.477 e. The summed E-state index contributed by atoms with van der Waals surface area (Å²) < 4.78 is 11.8. The van der Waals surface area contributed by atoms with E-state index in [0.717, 1.165) is 17.7 Å². The number of ketones is 1. The fourth-order valence-corrected chi connectivity index (χ4v) is 6.25. The molecule has 0 radical (unpaired) electrons. The zero-order chi connectivity index (χ0) is 21.8. The molecule has 2 aliphatic carbocycles. The molecular weight excluding hydrogens is 394 g/mol. The van der Waals surface area contributed by atoms with Crippen LogP contribution in [0.5, 0.6) is 11.5 Å². The third kappa shape index (κ3) is 2.64. The number of likely N-dealkylation sites (tertiary alicyclic amines) is 1. The Bertz CT molecular complexity index is 1030. The van der Waals surface area contributed by atoms with Gasteiger partial charge in [-0.15, -0.1) is 6.58 Å². The lowest BCUT2D eigenvalue weighted by atomic mass is 9.49. The second-order valence-corrected chi connectivity index (χ2v) is 8.85. The first-order chi connectivity index (χ1) is 15.0. The number of nitrogens with zero attached hydrogens (tertiary/aromatic N) is 1. The van der Waals surface area contributed by atoms with Gasteiger partial charge in [-0.05, 0) is 37.8 Å². The van der Waals surface area contributed by atoms with E-state index in [-0.39, 0.29) is 18.2 Å². The number of hydrogen-bond donors (Lipinski definition) is 1. The molecule has 162 valence electrons. The largest absolute Gasteiger partial charge is 0.477 e. The summed E-state index contributed by atoms with van der Waals surface area (Å²) in [5.74, 6) is 0.246. The second-order valence-electron chi connectivity index (χ2n) is 8.85. The number of carbonyl (C=O) groups is 2. The van der Waals surface area contributed by atoms with E-state index in [1.807, 2.05) is 25.1 Å². The first-order valence-corrected chi connectivity index (χ1v) is 10.9. The minimum absolute atomic E-state index is 0.00917. The van der Waals surface area contributed by atoms with E-state index in [0.29, 0.717) is 37.3 Å². The fraction of sp³-hybridized carbons (Fsp3) is 0.440. The first kappa shape index (κ1) is 20.2. The molecule has 2 aliphatic heterocycles. The number of esters is 1. The van der Waals surface area contributed by atoms with Crippen molar-refractivity contribution >= 4 is 11.8 Å². The van der Waals surface area contributed by atoms with Gasteiger partial charge in [-0.2, -0.15) is 0 Å². The molecular formula is C25H27NO5. The zero-order valence-electron chi connectivity index (χ0n) is 17.7. The van der Waals surface area contributed by atoms with Gasteiger partial charge < -0.3 is 14.6 Å². The van der Waals surface area contributed by atoms with E-state index < -0.39 is 23.1 Å². The van der Waals surface area contributed by atoms with Crippen LogP contribution >= 0.6 is 0 Å². The van der Waals surface area contributed by atoms with Gasteiger partial charge >= 0.3 is 5.97 Å². The van der Waals surface area contributed by atoms with Crippen LogP contribution in [0.1, 0.15) is 37.3 Å². The van der Waals surface area contributed by atoms with Gasteiger partial charge in [0.05, 0.1) is 11.0 Å². The lowest BCUT2D eigenvalue weighted by Crippen LogP contribution is -2.76. The van der Waals surface area contributed by atoms with Gasteiger partial charge in [0.1, 0.15) is 0 Å². The molecule has 2 fully saturated rings. The lowest BCUT2D eigenvalue weighted by Gasteiger charge is -2.62. The Morgan fingerprint density at radius 2 is 2.23 bits per heavy atom. The van der Waals surface area contributed by atoms with E-state index in [1.54, 1.807) is 18.2 Å². The molecule has 0 aromatic heterocycles. The van der Waals surface area contributed by atoms with Crippen molar-refractivity contribution in [2.24, 2.45) is 0 Å². The number of ether oxygens (including phenoxy) is 2. The maximum atomic E-state index is 13.0. The van der Waals surface area contributed by atoms with Gasteiger partial charge in [0, 0.05) is 37.2 Å². The van der Waals surface area contributed by atoms with Crippen LogP contribution in [-0.2, 0) is 21.4 Å². The molecule has 4 aliphatic rings. The highest BCUT2D eigenvalue weighted by Gasteiger charge is 2.73. The third-order valence-electron chi connectivity index (χ3n) is 7.46. The Hall–Kier alpha value is -2.70. The molecule has 1 spiro atoms. The molecule has 1 aromatic rings. The summed E-state index contributed by atoms with van der Waals surface area (Å²) in [6.07, 6.45) is 9.61. The molecule has 4 unspecified atom stereocenters. The molecule has 2 bridgehead atoms. The summed E-state index contributed by atoms with van der Waals surface area (Å²) >= 11 is 0. The molecule has 6 heteroatoms. The topological polar surface area (TPSA) is 76.1 Å². The van der Waals surface area contributed by atoms with Crippen LogP contribution < -0.4 is 9.47 Å². The highest BCUT2D eigenvalue weighted by Crippen LogP contribution is 2.64. The van der Waals surface area contributed by atoms with Gasteiger partial charge in [0.2, 0.25) is 0 Å². The summed E-state index contributed by atoms with van der Waals surface area (Å²) in [6, 6.07) is 3.59. The molecule has 6 nitrogen and oxygen atoms in total. The molecule has 5 rings (SSSR count). The van der Waals surface area contributed by atoms with Gasteiger partial charge in [0.25, 0.3) is 0 Å². The molecule has 1 saturated carbocycles. The third-order valence-corrected chi connectivity index (χ3v) is 7.46. The van der Waals surface area contributed by atoms with Crippen LogP contribution in [0.25, 0.3) is 0 Å². The van der Waals surface area contributed by atoms with Crippen LogP contribution in [0.3, 0.4) is 0 Å². The molecule has 1 saturated heterocycles. The minimum atomic E-state index is -1.07. The maximum Gasteiger partial charge on any atom is 0.336 e. The average Bonchev–Trinajstić information content (AvgIpc) is 3.10. The number of Topliss-reactive ketones (excluding diaryl/α,β-unsaturated/α-hetero) is 1. The normalized spacial score (nSPS) is 33.4. The average molecular weight is 421 g/mol. The summed E-state index contributed by atoms with van der Waals surface area (Å²) in [5.41, 5.74) is 0.0567. The summed E-state index contributed by atoms with van der Waals surface area (Å²) in [7, 11) is 0. The van der Waals surface area contributed by atoms with E-state index in [4.69, 9.17) is 9.47 Å². The van der Waals surface area contributed by atoms with E-state index in [1.165, 1.54) is 6.08 Å². The smallest absolute Gasteiger partial charge is 0.336 e. The number of piperidine rings is 1. The maximum absolute atomic E-state index is 13.0. The van der Waals surface area contributed by atoms with Crippen LogP contribution in [0, 0.1) is 0 Å². The Morgan fingerprint density at radius 3 is 3.00 bits per heavy atom. The van der Waals surface area contributed by atoms with E-state index >= 15 is 0 Å². The van der Waals surface area contributed by atoms with Crippen LogP contribution in [-0.4, -0.2) is 52.6 Å². The predicted octanol–water partition coefficient (Wildman–Crippen LogP) is 2.63. The van der Waals surface area contributed by atoms with Crippen LogP contribution in [0.15, 0.2) is 49.1 Å². The second kappa shape index (κ2) is 7.18. The monoisotopic (exact) mass is 421 g/mol. The molecule has 31 heavy (non-hydrogen) atoms. The number of rotatable bonds is 5. The Kier molecular flexibility index (Phi) is 4.68. The Labute approximate surface area is 181 Å². The summed E-state index contributed by atoms with van der Waals surface area (Å²) in [6.45, 7) is 7.18. The van der Waals surface area contributed by atoms with Crippen molar-refractivity contribution in [3.63, 3.8) is 0 Å². The standard InChI is InChI=1S/C25H27NO5/c1-3-5-6-7-20(28)30-18-9-8-16-15-19-25(29)11-10-17(27)23-24(25,21(16)22(18)31-23)12-14-26(19)13-4-2/h3-9,19,23,29H,2,10-15H2,1H3/b5-3+,7-6+. The number of benzene rings is 1. The molecule has 0 amide bonds. The SMILES string of the molecule is C=CCN1CCC23c4c5ccc(OC(=O)/C=C/C=C/C)c4OC2C(=O)CCC3(O)C1C5. The quantitative estimate of drug-likeness (QED) is 0.259. The predicted molar refractivity (Wildman–Crippen MR) is 115 cm³/mol. The van der Waals surface area contributed by atoms with Crippen molar-refractivity contribution < 1.29 is 24.2 Å². The van der Waals surface area contributed by atoms with Gasteiger partial charge in [-0.1, -0.05) is 30.4 Å². The van der Waals surface area contributed by atoms with Crippen molar-refractivity contribution in [1.82, 2.24) is 4.90 Å². The van der Waals surface area contributed by atoms with Gasteiger partial charge in [-0.3, -0.25) is 9.69 Å². The Balaban J connectivity index is 1.62. The number of hydrogen-bond acceptors (Lipinski definition) is 6.